The van der Waals surface area contributed by atoms with E-state index in [2.05, 4.69) is 46.4 Å². The fourth-order valence-electron chi connectivity index (χ4n) is 3.91. The van der Waals surface area contributed by atoms with Crippen LogP contribution in [0, 0.1) is 5.92 Å². The van der Waals surface area contributed by atoms with Gasteiger partial charge in [-0.3, -0.25) is 14.7 Å². The zero-order valence-corrected chi connectivity index (χ0v) is 15.9. The molecule has 1 aromatic heterocycles. The van der Waals surface area contributed by atoms with Gasteiger partial charge in [0.05, 0.1) is 5.52 Å². The second kappa shape index (κ2) is 9.67. The molecule has 1 aromatic carbocycles. The average molecular weight is 354 g/mol. The Bertz CT molecular complexity index is 709. The van der Waals surface area contributed by atoms with Gasteiger partial charge in [0.15, 0.2) is 0 Å². The monoisotopic (exact) mass is 353 g/mol. The molecule has 1 aliphatic rings. The van der Waals surface area contributed by atoms with Crippen molar-refractivity contribution in [3.05, 3.63) is 42.1 Å². The minimum atomic E-state index is 0.227. The molecule has 140 valence electrons. The molecule has 0 spiro atoms. The number of carbonyl (C=O) groups excluding carboxylic acids is 1. The second-order valence-electron chi connectivity index (χ2n) is 7.46. The molecule has 2 aromatic rings. The highest BCUT2D eigenvalue weighted by Crippen LogP contribution is 2.26. The summed E-state index contributed by atoms with van der Waals surface area (Å²) in [4.78, 5) is 18.9. The van der Waals surface area contributed by atoms with Crippen LogP contribution in [0.2, 0.25) is 0 Å². The first-order chi connectivity index (χ1) is 12.7. The number of likely N-dealkylation sites (N-methyl/N-ethyl adjacent to an activating group) is 1. The van der Waals surface area contributed by atoms with Gasteiger partial charge in [0.25, 0.3) is 0 Å². The highest BCUT2D eigenvalue weighted by atomic mass is 16.1. The van der Waals surface area contributed by atoms with E-state index in [9.17, 15) is 4.79 Å². The Labute approximate surface area is 157 Å². The van der Waals surface area contributed by atoms with Crippen molar-refractivity contribution in [2.45, 2.75) is 52.0 Å². The van der Waals surface area contributed by atoms with Gasteiger partial charge in [0, 0.05) is 37.6 Å². The molecule has 1 amide bonds. The predicted molar refractivity (Wildman–Crippen MR) is 107 cm³/mol. The first-order valence-corrected chi connectivity index (χ1v) is 10.1. The zero-order valence-electron chi connectivity index (χ0n) is 15.9. The first-order valence-electron chi connectivity index (χ1n) is 10.1. The molecule has 0 saturated heterocycles. The molecular weight excluding hydrogens is 322 g/mol. The van der Waals surface area contributed by atoms with Crippen molar-refractivity contribution in [2.75, 3.05) is 19.6 Å². The van der Waals surface area contributed by atoms with Crippen LogP contribution < -0.4 is 5.32 Å². The van der Waals surface area contributed by atoms with Crippen molar-refractivity contribution in [1.29, 1.82) is 0 Å². The Balaban J connectivity index is 1.44. The lowest BCUT2D eigenvalue weighted by Crippen LogP contribution is -2.35. The molecule has 1 fully saturated rings. The van der Waals surface area contributed by atoms with Crippen LogP contribution in [0.5, 0.6) is 0 Å². The van der Waals surface area contributed by atoms with Gasteiger partial charge in [-0.15, -0.1) is 0 Å². The third-order valence-electron chi connectivity index (χ3n) is 5.47. The molecule has 0 unspecified atom stereocenters. The van der Waals surface area contributed by atoms with Crippen LogP contribution in [0.25, 0.3) is 10.9 Å². The quantitative estimate of drug-likeness (QED) is 0.776. The van der Waals surface area contributed by atoms with Crippen molar-refractivity contribution >= 4 is 16.8 Å². The maximum absolute atomic E-state index is 12.1. The van der Waals surface area contributed by atoms with E-state index in [4.69, 9.17) is 0 Å². The van der Waals surface area contributed by atoms with Gasteiger partial charge in [-0.25, -0.2) is 0 Å². The molecule has 0 aliphatic heterocycles. The van der Waals surface area contributed by atoms with Gasteiger partial charge >= 0.3 is 0 Å². The third-order valence-corrected chi connectivity index (χ3v) is 5.47. The van der Waals surface area contributed by atoms with E-state index in [0.29, 0.717) is 12.3 Å². The van der Waals surface area contributed by atoms with Crippen LogP contribution in [0.1, 0.15) is 51.0 Å². The largest absolute Gasteiger partial charge is 0.355 e. The van der Waals surface area contributed by atoms with Crippen LogP contribution in [0.4, 0.5) is 0 Å². The molecule has 1 N–H and O–H groups in total. The molecule has 0 bridgehead atoms. The van der Waals surface area contributed by atoms with Crippen LogP contribution in [-0.2, 0) is 11.3 Å². The van der Waals surface area contributed by atoms with E-state index in [1.165, 1.54) is 43.1 Å². The van der Waals surface area contributed by atoms with Crippen molar-refractivity contribution in [2.24, 2.45) is 5.92 Å². The van der Waals surface area contributed by atoms with Gasteiger partial charge < -0.3 is 5.32 Å². The van der Waals surface area contributed by atoms with Gasteiger partial charge in [0.2, 0.25) is 5.91 Å². The van der Waals surface area contributed by atoms with Crippen LogP contribution in [-0.4, -0.2) is 35.4 Å². The Hall–Kier alpha value is -1.94. The summed E-state index contributed by atoms with van der Waals surface area (Å²) in [6.07, 6.45) is 8.93. The van der Waals surface area contributed by atoms with Crippen molar-refractivity contribution in [3.63, 3.8) is 0 Å². The number of pyridine rings is 1. The summed E-state index contributed by atoms with van der Waals surface area (Å²) in [5.74, 6) is 0.835. The second-order valence-corrected chi connectivity index (χ2v) is 7.46. The standard InChI is InChI=1S/C22H31N3O/c1-2-25(14-13-24-22(26)16-18-7-4-3-5-8-18)17-19-10-11-21-20(15-19)9-6-12-23-21/h6,9-12,15,18H,2-5,7-8,13-14,16-17H2,1H3,(H,24,26). The Morgan fingerprint density at radius 2 is 2.08 bits per heavy atom. The predicted octanol–water partition coefficient (Wildman–Crippen LogP) is 4.14. The van der Waals surface area contributed by atoms with E-state index < -0.39 is 0 Å². The maximum Gasteiger partial charge on any atom is 0.220 e. The molecule has 0 atom stereocenters. The highest BCUT2D eigenvalue weighted by molar-refractivity contribution is 5.78. The summed E-state index contributed by atoms with van der Waals surface area (Å²) < 4.78 is 0. The normalized spacial score (nSPS) is 15.5. The lowest BCUT2D eigenvalue weighted by atomic mass is 9.87. The molecule has 1 aliphatic carbocycles. The number of amides is 1. The molecule has 1 saturated carbocycles. The van der Waals surface area contributed by atoms with Crippen molar-refractivity contribution < 1.29 is 4.79 Å². The van der Waals surface area contributed by atoms with Crippen molar-refractivity contribution in [1.82, 2.24) is 15.2 Å². The summed E-state index contributed by atoms with van der Waals surface area (Å²) in [7, 11) is 0. The molecule has 1 heterocycles. The fraction of sp³-hybridized carbons (Fsp3) is 0.545. The van der Waals surface area contributed by atoms with Crippen molar-refractivity contribution in [3.8, 4) is 0 Å². The fourth-order valence-corrected chi connectivity index (χ4v) is 3.91. The zero-order chi connectivity index (χ0) is 18.2. The van der Waals surface area contributed by atoms with Crippen LogP contribution in [0.3, 0.4) is 0 Å². The number of hydrogen-bond acceptors (Lipinski definition) is 3. The SMILES string of the molecule is CCN(CCNC(=O)CC1CCCCC1)Cc1ccc2ncccc2c1. The average Bonchev–Trinajstić information content (AvgIpc) is 2.68. The maximum atomic E-state index is 12.1. The minimum absolute atomic E-state index is 0.227. The lowest BCUT2D eigenvalue weighted by Gasteiger charge is -2.23. The lowest BCUT2D eigenvalue weighted by molar-refractivity contribution is -0.122. The van der Waals surface area contributed by atoms with Gasteiger partial charge in [-0.1, -0.05) is 38.3 Å². The molecule has 3 rings (SSSR count). The number of aromatic nitrogens is 1. The molecular formula is C22H31N3O. The Morgan fingerprint density at radius 1 is 1.23 bits per heavy atom. The van der Waals surface area contributed by atoms with E-state index in [1.807, 2.05) is 12.3 Å². The van der Waals surface area contributed by atoms with Gasteiger partial charge in [-0.2, -0.15) is 0 Å². The Morgan fingerprint density at radius 3 is 2.88 bits per heavy atom. The highest BCUT2D eigenvalue weighted by Gasteiger charge is 2.16. The van der Waals surface area contributed by atoms with E-state index in [0.717, 1.165) is 31.7 Å². The number of nitrogens with zero attached hydrogens (tertiary/aromatic N) is 2. The number of benzene rings is 1. The number of rotatable bonds is 8. The third kappa shape index (κ3) is 5.53. The van der Waals surface area contributed by atoms with E-state index in [-0.39, 0.29) is 5.91 Å². The summed E-state index contributed by atoms with van der Waals surface area (Å²) in [5, 5.41) is 4.30. The van der Waals surface area contributed by atoms with Crippen LogP contribution >= 0.6 is 0 Å². The molecule has 4 heteroatoms. The summed E-state index contributed by atoms with van der Waals surface area (Å²) in [6.45, 7) is 5.67. The topological polar surface area (TPSA) is 45.2 Å². The number of hydrogen-bond donors (Lipinski definition) is 1. The summed E-state index contributed by atoms with van der Waals surface area (Å²) in [5.41, 5.74) is 2.33. The summed E-state index contributed by atoms with van der Waals surface area (Å²) >= 11 is 0. The van der Waals surface area contributed by atoms with Gasteiger partial charge in [-0.05, 0) is 49.1 Å². The summed E-state index contributed by atoms with van der Waals surface area (Å²) in [6, 6.07) is 10.5. The number of fused-ring (bicyclic) bond motifs is 1. The number of nitrogens with one attached hydrogen (secondary N) is 1. The molecule has 4 nitrogen and oxygen atoms in total. The first kappa shape index (κ1) is 18.8. The smallest absolute Gasteiger partial charge is 0.220 e. The molecule has 26 heavy (non-hydrogen) atoms. The van der Waals surface area contributed by atoms with E-state index >= 15 is 0 Å². The Kier molecular flexibility index (Phi) is 7.01. The van der Waals surface area contributed by atoms with E-state index in [1.54, 1.807) is 0 Å². The minimum Gasteiger partial charge on any atom is -0.355 e. The molecule has 0 radical (unpaired) electrons. The number of carbonyl (C=O) groups is 1. The van der Waals surface area contributed by atoms with Gasteiger partial charge in [0.1, 0.15) is 0 Å². The van der Waals surface area contributed by atoms with Crippen LogP contribution in [0.15, 0.2) is 36.5 Å².